The highest BCUT2D eigenvalue weighted by Gasteiger charge is 2.50. The zero-order valence-corrected chi connectivity index (χ0v) is 31.2. The van der Waals surface area contributed by atoms with Crippen LogP contribution >= 0.6 is 0 Å². The monoisotopic (exact) mass is 743 g/mol. The van der Waals surface area contributed by atoms with Gasteiger partial charge in [-0.25, -0.2) is 9.78 Å². The lowest BCUT2D eigenvalue weighted by atomic mass is 9.51. The van der Waals surface area contributed by atoms with Crippen LogP contribution in [0.3, 0.4) is 0 Å². The smallest absolute Gasteiger partial charge is 0.496 e. The fourth-order valence-corrected chi connectivity index (χ4v) is 8.49. The number of allylic oxidation sites excluding steroid dienone is 1. The van der Waals surface area contributed by atoms with E-state index in [0.29, 0.717) is 24.1 Å². The molecule has 1 saturated heterocycles. The van der Waals surface area contributed by atoms with Crippen LogP contribution in [0, 0.1) is 18.3 Å². The van der Waals surface area contributed by atoms with Gasteiger partial charge in [0.05, 0.1) is 14.2 Å². The summed E-state index contributed by atoms with van der Waals surface area (Å²) >= 11 is 0. The van der Waals surface area contributed by atoms with Crippen LogP contribution in [0.1, 0.15) is 102 Å². The van der Waals surface area contributed by atoms with Gasteiger partial charge in [-0.1, -0.05) is 31.4 Å². The number of carbonyl (C=O) groups excluding carboxylic acids is 2. The lowest BCUT2D eigenvalue weighted by Gasteiger charge is -2.55. The van der Waals surface area contributed by atoms with Gasteiger partial charge < -0.3 is 25.3 Å². The molecule has 13 heteroatoms. The molecule has 5 aliphatic rings. The average molecular weight is 744 g/mol. The molecular weight excluding hydrogens is 687 g/mol. The molecule has 3 N–H and O–H groups in total. The summed E-state index contributed by atoms with van der Waals surface area (Å²) in [5.41, 5.74) is 8.90. The number of halogens is 3. The third-order valence-corrected chi connectivity index (χ3v) is 11.7. The summed E-state index contributed by atoms with van der Waals surface area (Å²) in [7, 11) is 3.07. The third-order valence-electron chi connectivity index (χ3n) is 11.7. The summed E-state index contributed by atoms with van der Waals surface area (Å²) in [5, 5.41) is 2.73. The number of methoxy groups -OCH3 is 2. The third kappa shape index (κ3) is 10.3. The van der Waals surface area contributed by atoms with Crippen molar-refractivity contribution in [1.82, 2.24) is 10.3 Å². The minimum absolute atomic E-state index is 0. The first kappa shape index (κ1) is 40.1. The van der Waals surface area contributed by atoms with Gasteiger partial charge in [-0.2, -0.15) is 4.99 Å². The van der Waals surface area contributed by atoms with Crippen LogP contribution in [-0.2, 0) is 19.7 Å². The Kier molecular flexibility index (Phi) is 13.5. The quantitative estimate of drug-likeness (QED) is 0.196. The number of aromatic nitrogens is 1. The summed E-state index contributed by atoms with van der Waals surface area (Å²) in [6.07, 6.45) is 11.2. The second-order valence-electron chi connectivity index (χ2n) is 15.0. The number of nitrogens with one attached hydrogen (secondary N) is 1. The SMILES string of the molecule is COC(=O)NC1CCOCC1.COc1ccc(C23CCC(CN(C(=O)C4CCCCC4)c4cc(C(=C/N)/C=N/C(F)(F)F)ccn4)(CC2)CC3)cc1C.[HH]. The highest BCUT2D eigenvalue weighted by atomic mass is 19.4. The number of rotatable bonds is 9. The number of pyridine rings is 1. The molecule has 2 heterocycles. The molecule has 4 saturated carbocycles. The fraction of sp³-hybridized carbons (Fsp3) is 0.600. The van der Waals surface area contributed by atoms with Gasteiger partial charge >= 0.3 is 12.4 Å². The molecule has 0 atom stereocenters. The lowest BCUT2D eigenvalue weighted by Crippen LogP contribution is -2.51. The van der Waals surface area contributed by atoms with Gasteiger partial charge in [0.25, 0.3) is 0 Å². The molecule has 7 rings (SSSR count). The van der Waals surface area contributed by atoms with Crippen molar-refractivity contribution in [1.29, 1.82) is 0 Å². The van der Waals surface area contributed by atoms with Gasteiger partial charge in [-0.05, 0) is 117 Å². The molecule has 1 aromatic heterocycles. The number of fused-ring (bicyclic) bond motifs is 3. The number of alkyl halides is 3. The first-order chi connectivity index (χ1) is 25.4. The molecule has 1 aromatic carbocycles. The summed E-state index contributed by atoms with van der Waals surface area (Å²) in [6.45, 7) is 4.11. The van der Waals surface area contributed by atoms with Gasteiger partial charge in [0.2, 0.25) is 5.91 Å². The summed E-state index contributed by atoms with van der Waals surface area (Å²) in [5.74, 6) is 1.38. The maximum atomic E-state index is 14.1. The Balaban J connectivity index is 0.000000466. The first-order valence-corrected chi connectivity index (χ1v) is 18.8. The molecule has 5 fully saturated rings. The number of ether oxygens (including phenoxy) is 3. The molecule has 4 aliphatic carbocycles. The van der Waals surface area contributed by atoms with E-state index in [1.165, 1.54) is 18.9 Å². The average Bonchev–Trinajstić information content (AvgIpc) is 3.18. The lowest BCUT2D eigenvalue weighted by molar-refractivity contribution is -0.124. The van der Waals surface area contributed by atoms with Crippen LogP contribution in [0.5, 0.6) is 5.75 Å². The minimum atomic E-state index is -4.70. The first-order valence-electron chi connectivity index (χ1n) is 18.8. The number of nitrogens with zero attached hydrogens (tertiary/aromatic N) is 3. The van der Waals surface area contributed by atoms with Crippen LogP contribution < -0.4 is 20.7 Å². The van der Waals surface area contributed by atoms with Gasteiger partial charge in [0, 0.05) is 57.3 Å². The number of aliphatic imine (C=N–C) groups is 1. The zero-order chi connectivity index (χ0) is 38.1. The minimum Gasteiger partial charge on any atom is -0.496 e. The van der Waals surface area contributed by atoms with Crippen molar-refractivity contribution in [3.63, 3.8) is 0 Å². The summed E-state index contributed by atoms with van der Waals surface area (Å²) in [4.78, 5) is 33.9. The molecule has 2 bridgehead atoms. The highest BCUT2D eigenvalue weighted by molar-refractivity contribution is 6.10. The summed E-state index contributed by atoms with van der Waals surface area (Å²) < 4.78 is 53.4. The molecule has 0 unspecified atom stereocenters. The predicted octanol–water partition coefficient (Wildman–Crippen LogP) is 8.26. The van der Waals surface area contributed by atoms with E-state index in [2.05, 4.69) is 45.2 Å². The second kappa shape index (κ2) is 17.8. The van der Waals surface area contributed by atoms with Crippen LogP contribution in [0.2, 0.25) is 0 Å². The van der Waals surface area contributed by atoms with Crippen LogP contribution in [0.15, 0.2) is 47.7 Å². The Bertz CT molecular complexity index is 1600. The van der Waals surface area contributed by atoms with Crippen LogP contribution in [0.25, 0.3) is 5.57 Å². The topological polar surface area (TPSA) is 128 Å². The van der Waals surface area contributed by atoms with E-state index in [1.807, 2.05) is 4.90 Å². The number of anilines is 1. The Hall–Kier alpha value is -4.13. The van der Waals surface area contributed by atoms with E-state index < -0.39 is 6.30 Å². The van der Waals surface area contributed by atoms with Crippen molar-refractivity contribution in [2.75, 3.05) is 38.9 Å². The predicted molar refractivity (Wildman–Crippen MR) is 201 cm³/mol. The molecular formula is C40H56F3N5O5. The highest BCUT2D eigenvalue weighted by Crippen LogP contribution is 2.58. The van der Waals surface area contributed by atoms with Gasteiger partial charge in [0.15, 0.2) is 0 Å². The molecule has 53 heavy (non-hydrogen) atoms. The maximum Gasteiger partial charge on any atom is 0.503 e. The van der Waals surface area contributed by atoms with Gasteiger partial charge in [-0.3, -0.25) is 9.69 Å². The Morgan fingerprint density at radius 1 is 1.04 bits per heavy atom. The van der Waals surface area contributed by atoms with E-state index in [4.69, 9.17) is 15.2 Å². The van der Waals surface area contributed by atoms with Crippen LogP contribution in [-0.4, -0.2) is 69.5 Å². The molecule has 1 aliphatic heterocycles. The number of amides is 2. The number of hydrogen-bond acceptors (Lipinski definition) is 8. The second-order valence-corrected chi connectivity index (χ2v) is 15.0. The van der Waals surface area contributed by atoms with E-state index in [-0.39, 0.29) is 41.8 Å². The largest absolute Gasteiger partial charge is 0.503 e. The number of carbonyl (C=O) groups is 2. The van der Waals surface area contributed by atoms with E-state index >= 15 is 0 Å². The standard InChI is InChI=1S/C33H41F3N4O2.C7H13NO3.H2/c1-23-18-27(8-9-28(23)42-2)32-14-11-31(12-15-32,13-16-32)22-40(30(41)24-6-4-3-5-7-24)29-19-25(10-17-38-29)26(20-37)21-39-33(34,35)36;1-10-7(9)8-6-2-4-11-5-3-6;/h8-10,17-21,24H,3-7,11-16,22,37H2,1-2H3;6H,2-5H2,1H3,(H,8,9);1H/b26-20+,39-21+;;. The van der Waals surface area contributed by atoms with Gasteiger partial charge in [0.1, 0.15) is 11.6 Å². The van der Waals surface area contributed by atoms with Crippen molar-refractivity contribution in [3.05, 3.63) is 59.4 Å². The Morgan fingerprint density at radius 2 is 1.72 bits per heavy atom. The van der Waals surface area contributed by atoms with Crippen molar-refractivity contribution >= 4 is 29.6 Å². The molecule has 10 nitrogen and oxygen atoms in total. The number of benzene rings is 1. The fourth-order valence-electron chi connectivity index (χ4n) is 8.49. The van der Waals surface area contributed by atoms with Crippen molar-refractivity contribution in [2.24, 2.45) is 22.1 Å². The zero-order valence-electron chi connectivity index (χ0n) is 31.2. The van der Waals surface area contributed by atoms with Crippen molar-refractivity contribution < 1.29 is 38.4 Å². The molecule has 292 valence electrons. The number of alkyl carbamates (subject to hydrolysis) is 1. The molecule has 0 spiro atoms. The summed E-state index contributed by atoms with van der Waals surface area (Å²) in [6, 6.07) is 10.1. The van der Waals surface area contributed by atoms with Crippen molar-refractivity contribution in [2.45, 2.75) is 108 Å². The number of hydrogen-bond donors (Lipinski definition) is 2. The maximum absolute atomic E-state index is 14.1. The number of nitrogens with two attached hydrogens (primary N) is 1. The van der Waals surface area contributed by atoms with E-state index in [1.54, 1.807) is 19.2 Å². The number of aryl methyl sites for hydroxylation is 1. The van der Waals surface area contributed by atoms with E-state index in [0.717, 1.165) is 114 Å². The molecule has 2 amide bonds. The van der Waals surface area contributed by atoms with Crippen molar-refractivity contribution in [3.8, 4) is 5.75 Å². The van der Waals surface area contributed by atoms with Gasteiger partial charge in [-0.15, -0.1) is 13.2 Å². The van der Waals surface area contributed by atoms with E-state index in [9.17, 15) is 22.8 Å². The molecule has 2 aromatic rings. The Morgan fingerprint density at radius 3 is 2.30 bits per heavy atom. The molecule has 0 radical (unpaired) electrons. The Labute approximate surface area is 312 Å². The van der Waals surface area contributed by atoms with Crippen LogP contribution in [0.4, 0.5) is 23.8 Å². The normalized spacial score (nSPS) is 23.9.